The Morgan fingerprint density at radius 2 is 1.40 bits per heavy atom. The summed E-state index contributed by atoms with van der Waals surface area (Å²) in [5.74, 6) is -0.166. The van der Waals surface area contributed by atoms with Gasteiger partial charge < -0.3 is 16.8 Å². The summed E-state index contributed by atoms with van der Waals surface area (Å²) in [6, 6.07) is 0.635. The first-order valence-electron chi connectivity index (χ1n) is 12.8. The maximum atomic E-state index is 10.7. The minimum atomic E-state index is -0.166. The molecule has 0 rings (SSSR count). The quantitative estimate of drug-likeness (QED) is 0.137. The molecule has 1 amide bonds. The predicted octanol–water partition coefficient (Wildman–Crippen LogP) is 4.09. The normalized spacial score (nSPS) is 12.5. The molecule has 0 saturated carbocycles. The molecule has 0 aliphatic rings. The monoisotopic (exact) mass is 427 g/mol. The van der Waals surface area contributed by atoms with Gasteiger partial charge in [0.05, 0.1) is 0 Å². The molecule has 180 valence electrons. The van der Waals surface area contributed by atoms with Gasteiger partial charge in [0.2, 0.25) is 5.91 Å². The Morgan fingerprint density at radius 3 is 1.93 bits per heavy atom. The highest BCUT2D eigenvalue weighted by molar-refractivity contribution is 5.73. The van der Waals surface area contributed by atoms with Crippen molar-refractivity contribution >= 4 is 5.91 Å². The number of primary amides is 1. The number of carbonyl (C=O) groups excluding carboxylic acids is 1. The van der Waals surface area contributed by atoms with Crippen molar-refractivity contribution in [2.75, 3.05) is 32.7 Å². The second-order valence-electron chi connectivity index (χ2n) is 8.58. The van der Waals surface area contributed by atoms with Crippen molar-refractivity contribution in [2.45, 2.75) is 116 Å². The molecule has 0 fully saturated rings. The number of rotatable bonds is 24. The number of hydrogen-bond acceptors (Lipinski definition) is 5. The Kier molecular flexibility index (Phi) is 22.5. The highest BCUT2D eigenvalue weighted by Crippen LogP contribution is 2.17. The first kappa shape index (κ1) is 29.3. The van der Waals surface area contributed by atoms with Crippen LogP contribution in [0.1, 0.15) is 110 Å². The number of carbonyl (C=O) groups is 1. The second kappa shape index (κ2) is 23.0. The third-order valence-electron chi connectivity index (χ3n) is 5.75. The minimum absolute atomic E-state index is 0.166. The molecule has 0 aliphatic carbocycles. The average Bonchev–Trinajstić information content (AvgIpc) is 2.73. The molecule has 6 nitrogen and oxygen atoms in total. The summed E-state index contributed by atoms with van der Waals surface area (Å²) in [7, 11) is 0. The Balaban J connectivity index is 4.14. The van der Waals surface area contributed by atoms with Crippen LogP contribution in [-0.2, 0) is 4.79 Å². The lowest BCUT2D eigenvalue weighted by molar-refractivity contribution is -0.118. The van der Waals surface area contributed by atoms with E-state index in [-0.39, 0.29) is 5.91 Å². The summed E-state index contributed by atoms with van der Waals surface area (Å²) in [4.78, 5) is 10.7. The van der Waals surface area contributed by atoms with Crippen molar-refractivity contribution in [3.8, 4) is 0 Å². The highest BCUT2D eigenvalue weighted by Gasteiger charge is 2.17. The van der Waals surface area contributed by atoms with Gasteiger partial charge in [-0.3, -0.25) is 10.2 Å². The lowest BCUT2D eigenvalue weighted by atomic mass is 9.99. The Labute approximate surface area is 187 Å². The van der Waals surface area contributed by atoms with Gasteiger partial charge >= 0.3 is 0 Å². The highest BCUT2D eigenvalue weighted by atomic mass is 16.1. The summed E-state index contributed by atoms with van der Waals surface area (Å²) < 4.78 is 0. The largest absolute Gasteiger partial charge is 0.370 e. The van der Waals surface area contributed by atoms with E-state index in [9.17, 15) is 4.79 Å². The predicted molar refractivity (Wildman–Crippen MR) is 130 cm³/mol. The van der Waals surface area contributed by atoms with Crippen LogP contribution in [0.4, 0.5) is 0 Å². The lowest BCUT2D eigenvalue weighted by Crippen LogP contribution is -2.48. The fourth-order valence-corrected chi connectivity index (χ4v) is 4.02. The average molecular weight is 428 g/mol. The van der Waals surface area contributed by atoms with E-state index < -0.39 is 0 Å². The third-order valence-corrected chi connectivity index (χ3v) is 5.75. The Morgan fingerprint density at radius 1 is 0.833 bits per heavy atom. The van der Waals surface area contributed by atoms with E-state index in [0.717, 1.165) is 39.0 Å². The van der Waals surface area contributed by atoms with Crippen LogP contribution in [0.3, 0.4) is 0 Å². The number of hydrogen-bond donors (Lipinski definition) is 4. The molecule has 0 bridgehead atoms. The topological polar surface area (TPSA) is 96.4 Å². The van der Waals surface area contributed by atoms with E-state index >= 15 is 0 Å². The van der Waals surface area contributed by atoms with Gasteiger partial charge in [-0.1, -0.05) is 84.5 Å². The molecule has 0 aliphatic heterocycles. The third kappa shape index (κ3) is 19.3. The first-order valence-corrected chi connectivity index (χ1v) is 12.8. The smallest absolute Gasteiger partial charge is 0.217 e. The van der Waals surface area contributed by atoms with E-state index in [1.54, 1.807) is 0 Å². The summed E-state index contributed by atoms with van der Waals surface area (Å²) in [6.45, 7) is 9.08. The van der Waals surface area contributed by atoms with E-state index in [1.165, 1.54) is 77.0 Å². The second-order valence-corrected chi connectivity index (χ2v) is 8.58. The zero-order chi connectivity index (χ0) is 22.3. The molecular weight excluding hydrogens is 374 g/mol. The fraction of sp³-hybridized carbons (Fsp3) is 0.958. The molecule has 0 aromatic carbocycles. The van der Waals surface area contributed by atoms with E-state index in [1.807, 2.05) is 0 Å². The van der Waals surface area contributed by atoms with Gasteiger partial charge in [0.1, 0.15) is 0 Å². The van der Waals surface area contributed by atoms with Crippen molar-refractivity contribution in [3.63, 3.8) is 0 Å². The Bertz CT molecular complexity index is 368. The number of unbranched alkanes of at least 4 members (excludes halogenated alkanes) is 10. The van der Waals surface area contributed by atoms with Crippen molar-refractivity contribution in [2.24, 2.45) is 11.5 Å². The SMILES string of the molecule is CCCCCCC(CCCCCCCCCCC(N)=O)N(CCNCCN)NCC. The zero-order valence-electron chi connectivity index (χ0n) is 20.2. The van der Waals surface area contributed by atoms with Crippen molar-refractivity contribution in [1.82, 2.24) is 15.8 Å². The van der Waals surface area contributed by atoms with Gasteiger partial charge in [0.25, 0.3) is 0 Å². The molecule has 1 unspecified atom stereocenters. The van der Waals surface area contributed by atoms with Gasteiger partial charge in [-0.25, -0.2) is 5.01 Å². The number of hydrazine groups is 1. The molecule has 0 aromatic heterocycles. The molecule has 0 spiro atoms. The van der Waals surface area contributed by atoms with Gasteiger partial charge in [-0.15, -0.1) is 0 Å². The van der Waals surface area contributed by atoms with E-state index in [2.05, 4.69) is 29.6 Å². The van der Waals surface area contributed by atoms with Crippen LogP contribution in [0.5, 0.6) is 0 Å². The van der Waals surface area contributed by atoms with Crippen LogP contribution >= 0.6 is 0 Å². The summed E-state index contributed by atoms with van der Waals surface area (Å²) >= 11 is 0. The lowest BCUT2D eigenvalue weighted by Gasteiger charge is -2.32. The zero-order valence-corrected chi connectivity index (χ0v) is 20.2. The molecule has 6 heteroatoms. The van der Waals surface area contributed by atoms with Crippen LogP contribution in [0.25, 0.3) is 0 Å². The summed E-state index contributed by atoms with van der Waals surface area (Å²) in [6.07, 6.45) is 18.4. The fourth-order valence-electron chi connectivity index (χ4n) is 4.02. The molecule has 0 radical (unpaired) electrons. The molecule has 0 aromatic rings. The van der Waals surface area contributed by atoms with Crippen LogP contribution in [-0.4, -0.2) is 49.7 Å². The molecule has 1 atom stereocenters. The standard InChI is InChI=1S/C24H53N5O/c1-3-5-6-13-16-23(29(28-4-2)22-21-27-20-19-25)17-14-11-9-7-8-10-12-15-18-24(26)30/h23,27-28H,3-22,25H2,1-2H3,(H2,26,30). The van der Waals surface area contributed by atoms with Crippen molar-refractivity contribution < 1.29 is 4.79 Å². The van der Waals surface area contributed by atoms with E-state index in [0.29, 0.717) is 19.0 Å². The Hall–Kier alpha value is -0.690. The molecular formula is C24H53N5O. The maximum Gasteiger partial charge on any atom is 0.217 e. The number of nitrogens with zero attached hydrogens (tertiary/aromatic N) is 1. The molecule has 0 heterocycles. The first-order chi connectivity index (χ1) is 14.7. The van der Waals surface area contributed by atoms with Crippen LogP contribution in [0, 0.1) is 0 Å². The molecule has 0 saturated heterocycles. The van der Waals surface area contributed by atoms with Gasteiger partial charge in [0, 0.05) is 45.2 Å². The molecule has 30 heavy (non-hydrogen) atoms. The van der Waals surface area contributed by atoms with E-state index in [4.69, 9.17) is 11.5 Å². The summed E-state index contributed by atoms with van der Waals surface area (Å²) in [5, 5.41) is 5.93. The van der Waals surface area contributed by atoms with Gasteiger partial charge in [-0.2, -0.15) is 0 Å². The molecule has 6 N–H and O–H groups in total. The van der Waals surface area contributed by atoms with Crippen molar-refractivity contribution in [3.05, 3.63) is 0 Å². The number of amides is 1. The van der Waals surface area contributed by atoms with Crippen LogP contribution < -0.4 is 22.2 Å². The van der Waals surface area contributed by atoms with Gasteiger partial charge in [-0.05, 0) is 19.3 Å². The summed E-state index contributed by atoms with van der Waals surface area (Å²) in [5.41, 5.74) is 14.4. The number of nitrogens with one attached hydrogen (secondary N) is 2. The maximum absolute atomic E-state index is 10.7. The van der Waals surface area contributed by atoms with Crippen LogP contribution in [0.15, 0.2) is 0 Å². The van der Waals surface area contributed by atoms with Crippen molar-refractivity contribution in [1.29, 1.82) is 0 Å². The van der Waals surface area contributed by atoms with Gasteiger partial charge in [0.15, 0.2) is 0 Å². The minimum Gasteiger partial charge on any atom is -0.370 e. The number of nitrogens with two attached hydrogens (primary N) is 2. The van der Waals surface area contributed by atoms with Crippen LogP contribution in [0.2, 0.25) is 0 Å².